The maximum atomic E-state index is 4.19. The van der Waals surface area contributed by atoms with Crippen molar-refractivity contribution in [3.8, 4) is 0 Å². The van der Waals surface area contributed by atoms with Crippen molar-refractivity contribution < 1.29 is 0 Å². The first-order chi connectivity index (χ1) is 7.07. The van der Waals surface area contributed by atoms with E-state index in [4.69, 9.17) is 0 Å². The van der Waals surface area contributed by atoms with Crippen LogP contribution >= 0.6 is 0 Å². The van der Waals surface area contributed by atoms with Gasteiger partial charge in [-0.1, -0.05) is 0 Å². The van der Waals surface area contributed by atoms with Crippen molar-refractivity contribution in [1.82, 2.24) is 15.1 Å². The van der Waals surface area contributed by atoms with Crippen LogP contribution in [-0.4, -0.2) is 26.7 Å². The Morgan fingerprint density at radius 3 is 2.93 bits per heavy atom. The highest BCUT2D eigenvalue weighted by Gasteiger charge is 2.45. The number of nitrogens with one attached hydrogen (secondary N) is 1. The molecule has 1 N–H and O–H groups in total. The largest absolute Gasteiger partial charge is 0.288 e. The molecule has 2 aliphatic rings. The minimum absolute atomic E-state index is 0.279. The van der Waals surface area contributed by atoms with Gasteiger partial charge in [-0.2, -0.15) is 5.10 Å². The van der Waals surface area contributed by atoms with Gasteiger partial charge in [0.15, 0.2) is 0 Å². The zero-order valence-corrected chi connectivity index (χ0v) is 9.75. The molecule has 1 fully saturated rings. The summed E-state index contributed by atoms with van der Waals surface area (Å²) in [6, 6.07) is 1.33. The Balaban J connectivity index is 2.04. The molecule has 15 heavy (non-hydrogen) atoms. The molecule has 3 rings (SSSR count). The van der Waals surface area contributed by atoms with Gasteiger partial charge < -0.3 is 0 Å². The maximum absolute atomic E-state index is 4.19. The average molecular weight is 205 g/mol. The molecular formula is C12H19N3. The molecule has 1 saturated heterocycles. The molecule has 0 spiro atoms. The quantitative estimate of drug-likeness (QED) is 0.704. The van der Waals surface area contributed by atoms with Gasteiger partial charge in [0.25, 0.3) is 0 Å². The Bertz CT molecular complexity index is 374. The van der Waals surface area contributed by atoms with Gasteiger partial charge in [-0.3, -0.25) is 10.00 Å². The third-order valence-electron chi connectivity index (χ3n) is 3.83. The van der Waals surface area contributed by atoms with Crippen LogP contribution in [0, 0.1) is 0 Å². The molecule has 2 bridgehead atoms. The van der Waals surface area contributed by atoms with Gasteiger partial charge in [-0.15, -0.1) is 0 Å². The molecule has 2 aliphatic heterocycles. The number of nitrogens with zero attached hydrogens (tertiary/aromatic N) is 2. The minimum atomic E-state index is 0.279. The van der Waals surface area contributed by atoms with Crippen molar-refractivity contribution in [2.45, 2.75) is 57.7 Å². The highest BCUT2D eigenvalue weighted by atomic mass is 15.3. The van der Waals surface area contributed by atoms with Crippen LogP contribution in [0.15, 0.2) is 6.20 Å². The van der Waals surface area contributed by atoms with Crippen LogP contribution in [-0.2, 0) is 6.42 Å². The molecule has 2 atom stereocenters. The molecule has 3 nitrogen and oxygen atoms in total. The number of rotatable bonds is 0. The number of hydrogen-bond acceptors (Lipinski definition) is 2. The van der Waals surface area contributed by atoms with E-state index in [-0.39, 0.29) is 5.54 Å². The van der Waals surface area contributed by atoms with Crippen LogP contribution < -0.4 is 0 Å². The van der Waals surface area contributed by atoms with Crippen molar-refractivity contribution >= 4 is 0 Å². The Labute approximate surface area is 90.9 Å². The van der Waals surface area contributed by atoms with Gasteiger partial charge in [0.1, 0.15) is 0 Å². The van der Waals surface area contributed by atoms with Crippen LogP contribution in [0.5, 0.6) is 0 Å². The molecule has 0 saturated carbocycles. The fourth-order valence-corrected chi connectivity index (χ4v) is 3.41. The second kappa shape index (κ2) is 2.85. The predicted octanol–water partition coefficient (Wildman–Crippen LogP) is 2.27. The van der Waals surface area contributed by atoms with Crippen molar-refractivity contribution in [3.63, 3.8) is 0 Å². The Morgan fingerprint density at radius 1 is 1.40 bits per heavy atom. The summed E-state index contributed by atoms with van der Waals surface area (Å²) >= 11 is 0. The molecular weight excluding hydrogens is 186 g/mol. The van der Waals surface area contributed by atoms with Crippen molar-refractivity contribution in [3.05, 3.63) is 17.5 Å². The summed E-state index contributed by atoms with van der Waals surface area (Å²) in [5, 5.41) is 7.34. The Hall–Kier alpha value is -0.830. The van der Waals surface area contributed by atoms with E-state index < -0.39 is 0 Å². The summed E-state index contributed by atoms with van der Waals surface area (Å²) in [5.74, 6) is 0. The van der Waals surface area contributed by atoms with E-state index in [1.54, 1.807) is 0 Å². The topological polar surface area (TPSA) is 31.9 Å². The molecule has 3 heteroatoms. The fourth-order valence-electron chi connectivity index (χ4n) is 3.41. The van der Waals surface area contributed by atoms with E-state index in [0.29, 0.717) is 6.04 Å². The van der Waals surface area contributed by atoms with Gasteiger partial charge in [-0.05, 0) is 33.6 Å². The van der Waals surface area contributed by atoms with E-state index in [1.807, 2.05) is 6.20 Å². The summed E-state index contributed by atoms with van der Waals surface area (Å²) < 4.78 is 0. The molecule has 0 amide bonds. The monoisotopic (exact) mass is 205 g/mol. The molecule has 0 aliphatic carbocycles. The first-order valence-electron chi connectivity index (χ1n) is 5.88. The van der Waals surface area contributed by atoms with Crippen LogP contribution in [0.3, 0.4) is 0 Å². The zero-order chi connectivity index (χ0) is 10.6. The normalized spacial score (nSPS) is 30.6. The number of hydrogen-bond donors (Lipinski definition) is 1. The van der Waals surface area contributed by atoms with E-state index in [1.165, 1.54) is 24.1 Å². The van der Waals surface area contributed by atoms with Crippen molar-refractivity contribution in [2.75, 3.05) is 0 Å². The summed E-state index contributed by atoms with van der Waals surface area (Å²) in [4.78, 5) is 2.69. The number of fused-ring (bicyclic) bond motifs is 4. The highest BCUT2D eigenvalue weighted by Crippen LogP contribution is 2.46. The van der Waals surface area contributed by atoms with Gasteiger partial charge >= 0.3 is 0 Å². The minimum Gasteiger partial charge on any atom is -0.288 e. The SMILES string of the molecule is CC(C)(C)N1C2CCC1c1cn[nH]c1C2. The number of aromatic amines is 1. The van der Waals surface area contributed by atoms with E-state index in [2.05, 4.69) is 35.9 Å². The average Bonchev–Trinajstić information content (AvgIpc) is 2.69. The van der Waals surface area contributed by atoms with E-state index >= 15 is 0 Å². The van der Waals surface area contributed by atoms with Crippen LogP contribution in [0.1, 0.15) is 50.9 Å². The molecule has 1 aromatic rings. The lowest BCUT2D eigenvalue weighted by Crippen LogP contribution is -2.48. The standard InChI is InChI=1S/C12H19N3/c1-12(2,3)15-8-4-5-11(15)9-7-13-14-10(9)6-8/h7-8,11H,4-6H2,1-3H3,(H,13,14). The maximum Gasteiger partial charge on any atom is 0.0538 e. The second-order valence-corrected chi connectivity index (χ2v) is 5.83. The molecule has 1 aromatic heterocycles. The van der Waals surface area contributed by atoms with E-state index in [0.717, 1.165) is 12.5 Å². The number of H-pyrrole nitrogens is 1. The lowest BCUT2D eigenvalue weighted by Gasteiger charge is -2.44. The summed E-state index contributed by atoms with van der Waals surface area (Å²) in [6.07, 6.45) is 5.82. The lowest BCUT2D eigenvalue weighted by atomic mass is 9.93. The van der Waals surface area contributed by atoms with Crippen molar-refractivity contribution in [1.29, 1.82) is 0 Å². The van der Waals surface area contributed by atoms with Gasteiger partial charge in [0, 0.05) is 35.3 Å². The Morgan fingerprint density at radius 2 is 2.20 bits per heavy atom. The Kier molecular flexibility index (Phi) is 1.78. The van der Waals surface area contributed by atoms with Gasteiger partial charge in [0.05, 0.1) is 6.20 Å². The smallest absolute Gasteiger partial charge is 0.0538 e. The van der Waals surface area contributed by atoms with Crippen LogP contribution in [0.25, 0.3) is 0 Å². The molecule has 0 aromatic carbocycles. The first-order valence-corrected chi connectivity index (χ1v) is 5.88. The predicted molar refractivity (Wildman–Crippen MR) is 59.6 cm³/mol. The van der Waals surface area contributed by atoms with Crippen molar-refractivity contribution in [2.24, 2.45) is 0 Å². The summed E-state index contributed by atoms with van der Waals surface area (Å²) in [7, 11) is 0. The summed E-state index contributed by atoms with van der Waals surface area (Å²) in [5.41, 5.74) is 3.10. The third-order valence-corrected chi connectivity index (χ3v) is 3.83. The molecule has 2 unspecified atom stereocenters. The summed E-state index contributed by atoms with van der Waals surface area (Å²) in [6.45, 7) is 6.97. The zero-order valence-electron chi connectivity index (χ0n) is 9.75. The molecule has 3 heterocycles. The van der Waals surface area contributed by atoms with Gasteiger partial charge in [-0.25, -0.2) is 0 Å². The van der Waals surface area contributed by atoms with Crippen LogP contribution in [0.2, 0.25) is 0 Å². The third kappa shape index (κ3) is 1.26. The number of aromatic nitrogens is 2. The first kappa shape index (κ1) is 9.40. The molecule has 82 valence electrons. The van der Waals surface area contributed by atoms with E-state index in [9.17, 15) is 0 Å². The highest BCUT2D eigenvalue weighted by molar-refractivity contribution is 5.28. The molecule has 0 radical (unpaired) electrons. The van der Waals surface area contributed by atoms with Crippen LogP contribution in [0.4, 0.5) is 0 Å². The second-order valence-electron chi connectivity index (χ2n) is 5.83. The fraction of sp³-hybridized carbons (Fsp3) is 0.750. The van der Waals surface area contributed by atoms with Gasteiger partial charge in [0.2, 0.25) is 0 Å². The lowest BCUT2D eigenvalue weighted by molar-refractivity contribution is 0.0655.